The minimum absolute atomic E-state index is 0.294. The van der Waals surface area contributed by atoms with Gasteiger partial charge in [0.25, 0.3) is 0 Å². The van der Waals surface area contributed by atoms with Gasteiger partial charge in [0, 0.05) is 18.2 Å². The summed E-state index contributed by atoms with van der Waals surface area (Å²) in [7, 11) is 1.60. The van der Waals surface area contributed by atoms with Crippen molar-refractivity contribution < 1.29 is 13.9 Å². The molecule has 2 rings (SSSR count). The normalized spacial score (nSPS) is 10.4. The number of ether oxygens (including phenoxy) is 2. The monoisotopic (exact) mass is 339 g/mol. The Balaban J connectivity index is 2.15. The second-order valence-corrected chi connectivity index (χ2v) is 5.07. The average Bonchev–Trinajstić information content (AvgIpc) is 2.48. The van der Waals surface area contributed by atoms with E-state index in [-0.39, 0.29) is 5.82 Å². The van der Waals surface area contributed by atoms with Crippen LogP contribution in [0.5, 0.6) is 11.5 Å². The average molecular weight is 340 g/mol. The lowest BCUT2D eigenvalue weighted by Crippen LogP contribution is -2.03. The molecule has 20 heavy (non-hydrogen) atoms. The van der Waals surface area contributed by atoms with Gasteiger partial charge in [-0.2, -0.15) is 0 Å². The fraction of sp³-hybridized carbons (Fsp3) is 0.200. The van der Waals surface area contributed by atoms with Gasteiger partial charge in [-0.05, 0) is 39.7 Å². The zero-order chi connectivity index (χ0) is 14.5. The zero-order valence-electron chi connectivity index (χ0n) is 11.0. The molecule has 0 saturated heterocycles. The zero-order valence-corrected chi connectivity index (χ0v) is 12.6. The Morgan fingerprint density at radius 1 is 1.20 bits per heavy atom. The summed E-state index contributed by atoms with van der Waals surface area (Å²) in [5, 5.41) is 0. The van der Waals surface area contributed by atoms with Crippen LogP contribution in [0.3, 0.4) is 0 Å². The van der Waals surface area contributed by atoms with Crippen molar-refractivity contribution in [2.24, 2.45) is 5.73 Å². The third kappa shape index (κ3) is 3.49. The topological polar surface area (TPSA) is 44.5 Å². The van der Waals surface area contributed by atoms with Gasteiger partial charge >= 0.3 is 0 Å². The summed E-state index contributed by atoms with van der Waals surface area (Å²) in [5.41, 5.74) is 7.44. The molecule has 5 heteroatoms. The van der Waals surface area contributed by atoms with Crippen molar-refractivity contribution in [2.75, 3.05) is 7.11 Å². The van der Waals surface area contributed by atoms with Crippen LogP contribution in [0.1, 0.15) is 11.1 Å². The Morgan fingerprint density at radius 3 is 2.65 bits per heavy atom. The Bertz CT molecular complexity index is 604. The molecule has 106 valence electrons. The van der Waals surface area contributed by atoms with Crippen molar-refractivity contribution in [3.05, 3.63) is 57.8 Å². The van der Waals surface area contributed by atoms with E-state index in [1.165, 1.54) is 6.07 Å². The van der Waals surface area contributed by atoms with Gasteiger partial charge in [0.05, 0.1) is 11.6 Å². The molecule has 0 amide bonds. The number of rotatable bonds is 5. The lowest BCUT2D eigenvalue weighted by molar-refractivity contribution is 0.300. The fourth-order valence-electron chi connectivity index (χ4n) is 1.76. The minimum Gasteiger partial charge on any atom is -0.497 e. The van der Waals surface area contributed by atoms with Gasteiger partial charge in [0.1, 0.15) is 23.9 Å². The summed E-state index contributed by atoms with van der Waals surface area (Å²) < 4.78 is 24.5. The first-order chi connectivity index (χ1) is 9.63. The first kappa shape index (κ1) is 14.8. The molecule has 0 unspecified atom stereocenters. The summed E-state index contributed by atoms with van der Waals surface area (Å²) >= 11 is 3.15. The molecule has 0 aromatic heterocycles. The summed E-state index contributed by atoms with van der Waals surface area (Å²) in [5.74, 6) is 1.09. The first-order valence-electron chi connectivity index (χ1n) is 6.07. The van der Waals surface area contributed by atoms with Crippen LogP contribution in [-0.4, -0.2) is 7.11 Å². The SMILES string of the molecule is COc1ccc(CN)c(OCc2ccc(F)c(Br)c2)c1. The predicted molar refractivity (Wildman–Crippen MR) is 79.3 cm³/mol. The first-order valence-corrected chi connectivity index (χ1v) is 6.87. The van der Waals surface area contributed by atoms with Gasteiger partial charge < -0.3 is 15.2 Å². The molecule has 2 aromatic carbocycles. The molecule has 0 heterocycles. The Morgan fingerprint density at radius 2 is 2.00 bits per heavy atom. The molecule has 2 N–H and O–H groups in total. The third-order valence-corrected chi connectivity index (χ3v) is 3.48. The van der Waals surface area contributed by atoms with E-state index < -0.39 is 0 Å². The van der Waals surface area contributed by atoms with Gasteiger partial charge in [0.15, 0.2) is 0 Å². The minimum atomic E-state index is -0.294. The summed E-state index contributed by atoms with van der Waals surface area (Å²) in [6.45, 7) is 0.714. The van der Waals surface area contributed by atoms with Crippen LogP contribution < -0.4 is 15.2 Å². The van der Waals surface area contributed by atoms with E-state index in [0.717, 1.165) is 11.1 Å². The van der Waals surface area contributed by atoms with E-state index in [0.29, 0.717) is 29.1 Å². The number of halogens is 2. The molecule has 0 bridgehead atoms. The van der Waals surface area contributed by atoms with Crippen LogP contribution in [0.25, 0.3) is 0 Å². The van der Waals surface area contributed by atoms with E-state index >= 15 is 0 Å². The maximum absolute atomic E-state index is 13.2. The lowest BCUT2D eigenvalue weighted by Gasteiger charge is -2.12. The van der Waals surface area contributed by atoms with E-state index in [1.54, 1.807) is 25.3 Å². The molecule has 0 aliphatic carbocycles. The van der Waals surface area contributed by atoms with Crippen LogP contribution in [0.15, 0.2) is 40.9 Å². The fourth-order valence-corrected chi connectivity index (χ4v) is 2.18. The highest BCUT2D eigenvalue weighted by molar-refractivity contribution is 9.10. The van der Waals surface area contributed by atoms with Crippen molar-refractivity contribution in [1.82, 2.24) is 0 Å². The van der Waals surface area contributed by atoms with E-state index in [2.05, 4.69) is 15.9 Å². The van der Waals surface area contributed by atoms with Crippen molar-refractivity contribution in [3.8, 4) is 11.5 Å². The molecule has 0 atom stereocenters. The summed E-state index contributed by atoms with van der Waals surface area (Å²) in [6.07, 6.45) is 0. The molecule has 0 fully saturated rings. The van der Waals surface area contributed by atoms with E-state index in [4.69, 9.17) is 15.2 Å². The molecule has 0 radical (unpaired) electrons. The van der Waals surface area contributed by atoms with E-state index in [1.807, 2.05) is 12.1 Å². The third-order valence-electron chi connectivity index (χ3n) is 2.87. The van der Waals surface area contributed by atoms with Crippen molar-refractivity contribution >= 4 is 15.9 Å². The molecule has 2 aromatic rings. The highest BCUT2D eigenvalue weighted by Gasteiger charge is 2.06. The molecular formula is C15H15BrFNO2. The maximum atomic E-state index is 13.2. The quantitative estimate of drug-likeness (QED) is 0.904. The van der Waals surface area contributed by atoms with Crippen molar-refractivity contribution in [2.45, 2.75) is 13.2 Å². The van der Waals surface area contributed by atoms with Crippen LogP contribution in [0.2, 0.25) is 0 Å². The van der Waals surface area contributed by atoms with Gasteiger partial charge in [-0.3, -0.25) is 0 Å². The number of nitrogens with two attached hydrogens (primary N) is 1. The largest absolute Gasteiger partial charge is 0.497 e. The van der Waals surface area contributed by atoms with Gasteiger partial charge in [-0.25, -0.2) is 4.39 Å². The second kappa shape index (κ2) is 6.72. The molecule has 0 saturated carbocycles. The predicted octanol–water partition coefficient (Wildman–Crippen LogP) is 3.63. The maximum Gasteiger partial charge on any atom is 0.137 e. The van der Waals surface area contributed by atoms with Crippen molar-refractivity contribution in [1.29, 1.82) is 0 Å². The standard InChI is InChI=1S/C15H15BrFNO2/c1-19-12-4-3-11(8-18)15(7-12)20-9-10-2-5-14(17)13(16)6-10/h2-7H,8-9,18H2,1H3. The highest BCUT2D eigenvalue weighted by Crippen LogP contribution is 2.26. The molecule has 3 nitrogen and oxygen atoms in total. The van der Waals surface area contributed by atoms with Crippen LogP contribution in [-0.2, 0) is 13.2 Å². The number of hydrogen-bond acceptors (Lipinski definition) is 3. The summed E-state index contributed by atoms with van der Waals surface area (Å²) in [6, 6.07) is 10.3. The number of benzene rings is 2. The molecule has 0 aliphatic rings. The van der Waals surface area contributed by atoms with Crippen molar-refractivity contribution in [3.63, 3.8) is 0 Å². The van der Waals surface area contributed by atoms with Gasteiger partial charge in [-0.15, -0.1) is 0 Å². The Kier molecular flexibility index (Phi) is 4.98. The highest BCUT2D eigenvalue weighted by atomic mass is 79.9. The van der Waals surface area contributed by atoms with Gasteiger partial charge in [0.2, 0.25) is 0 Å². The number of methoxy groups -OCH3 is 1. The smallest absolute Gasteiger partial charge is 0.137 e. The van der Waals surface area contributed by atoms with Crippen LogP contribution in [0.4, 0.5) is 4.39 Å². The molecular weight excluding hydrogens is 325 g/mol. The number of hydrogen-bond donors (Lipinski definition) is 1. The van der Waals surface area contributed by atoms with Crippen LogP contribution >= 0.6 is 15.9 Å². The molecule has 0 spiro atoms. The Hall–Kier alpha value is -1.59. The van der Waals surface area contributed by atoms with Crippen LogP contribution in [0, 0.1) is 5.82 Å². The lowest BCUT2D eigenvalue weighted by atomic mass is 10.2. The Labute approximate surface area is 125 Å². The second-order valence-electron chi connectivity index (χ2n) is 4.21. The van der Waals surface area contributed by atoms with Gasteiger partial charge in [-0.1, -0.05) is 12.1 Å². The van der Waals surface area contributed by atoms with E-state index in [9.17, 15) is 4.39 Å². The molecule has 0 aliphatic heterocycles. The summed E-state index contributed by atoms with van der Waals surface area (Å²) in [4.78, 5) is 0.